The lowest BCUT2D eigenvalue weighted by atomic mass is 9.97. The lowest BCUT2D eigenvalue weighted by molar-refractivity contribution is 0.219. The Morgan fingerprint density at radius 3 is 2.67 bits per heavy atom. The molecular formula is C23H32N4. The van der Waals surface area contributed by atoms with E-state index in [1.54, 1.807) is 0 Å². The van der Waals surface area contributed by atoms with Crippen molar-refractivity contribution in [1.29, 1.82) is 0 Å². The van der Waals surface area contributed by atoms with Crippen molar-refractivity contribution in [3.63, 3.8) is 0 Å². The lowest BCUT2D eigenvalue weighted by Crippen LogP contribution is -2.35. The van der Waals surface area contributed by atoms with Crippen molar-refractivity contribution >= 4 is 11.4 Å². The van der Waals surface area contributed by atoms with Crippen LogP contribution < -0.4 is 5.32 Å². The lowest BCUT2D eigenvalue weighted by Gasteiger charge is -2.29. The Kier molecular flexibility index (Phi) is 6.51. The molecule has 4 nitrogen and oxygen atoms in total. The fraction of sp³-hybridized carbons (Fsp3) is 0.435. The second kappa shape index (κ2) is 9.05. The van der Waals surface area contributed by atoms with Crippen molar-refractivity contribution in [2.45, 2.75) is 33.1 Å². The van der Waals surface area contributed by atoms with Crippen LogP contribution in [0.5, 0.6) is 0 Å². The molecule has 0 amide bonds. The Balaban J connectivity index is 1.80. The van der Waals surface area contributed by atoms with Gasteiger partial charge >= 0.3 is 0 Å². The van der Waals surface area contributed by atoms with E-state index in [0.717, 1.165) is 30.1 Å². The van der Waals surface area contributed by atoms with Gasteiger partial charge in [-0.15, -0.1) is 0 Å². The molecule has 1 aliphatic heterocycles. The third-order valence-corrected chi connectivity index (χ3v) is 5.53. The zero-order valence-corrected chi connectivity index (χ0v) is 16.9. The van der Waals surface area contributed by atoms with Crippen LogP contribution in [0.4, 0.5) is 0 Å². The largest absolute Gasteiger partial charge is 0.370 e. The van der Waals surface area contributed by atoms with Gasteiger partial charge in [0.05, 0.1) is 0 Å². The molecular weight excluding hydrogens is 332 g/mol. The van der Waals surface area contributed by atoms with Crippen LogP contribution in [0.15, 0.2) is 49.2 Å². The summed E-state index contributed by atoms with van der Waals surface area (Å²) in [5, 5.41) is 8.19. The van der Waals surface area contributed by atoms with Gasteiger partial charge in [-0.3, -0.25) is 0 Å². The number of rotatable bonds is 7. The molecule has 1 saturated heterocycles. The summed E-state index contributed by atoms with van der Waals surface area (Å²) >= 11 is 0. The third-order valence-electron chi connectivity index (χ3n) is 5.53. The van der Waals surface area contributed by atoms with Crippen LogP contribution in [0.25, 0.3) is 11.4 Å². The summed E-state index contributed by atoms with van der Waals surface area (Å²) < 4.78 is 1.98. The SMILES string of the molecule is C=C(/C=C(/NCC1CCN(C)CC1)n1nccc1C)c1ccccc1CC. The Hall–Kier alpha value is -2.33. The molecule has 1 aliphatic rings. The van der Waals surface area contributed by atoms with Crippen LogP contribution in [0.3, 0.4) is 0 Å². The Morgan fingerprint density at radius 1 is 1.26 bits per heavy atom. The topological polar surface area (TPSA) is 33.1 Å². The maximum absolute atomic E-state index is 4.52. The smallest absolute Gasteiger partial charge is 0.128 e. The molecule has 2 aromatic rings. The Bertz CT molecular complexity index is 794. The van der Waals surface area contributed by atoms with Gasteiger partial charge in [0.1, 0.15) is 5.82 Å². The number of benzene rings is 1. The molecule has 0 saturated carbocycles. The van der Waals surface area contributed by atoms with E-state index >= 15 is 0 Å². The zero-order chi connectivity index (χ0) is 19.2. The predicted molar refractivity (Wildman–Crippen MR) is 114 cm³/mol. The number of aryl methyl sites for hydroxylation is 2. The highest BCUT2D eigenvalue weighted by atomic mass is 15.3. The fourth-order valence-electron chi connectivity index (χ4n) is 3.71. The van der Waals surface area contributed by atoms with Crippen molar-refractivity contribution < 1.29 is 0 Å². The summed E-state index contributed by atoms with van der Waals surface area (Å²) in [7, 11) is 2.21. The van der Waals surface area contributed by atoms with Gasteiger partial charge in [-0.1, -0.05) is 37.8 Å². The highest BCUT2D eigenvalue weighted by Gasteiger charge is 2.17. The number of nitrogens with one attached hydrogen (secondary N) is 1. The average Bonchev–Trinajstić information content (AvgIpc) is 3.12. The summed E-state index contributed by atoms with van der Waals surface area (Å²) in [5.74, 6) is 1.71. The molecule has 1 aromatic heterocycles. The molecule has 0 atom stereocenters. The van der Waals surface area contributed by atoms with E-state index < -0.39 is 0 Å². The van der Waals surface area contributed by atoms with Crippen LogP contribution >= 0.6 is 0 Å². The highest BCUT2D eigenvalue weighted by Crippen LogP contribution is 2.22. The molecule has 0 spiro atoms. The van der Waals surface area contributed by atoms with Crippen molar-refractivity contribution in [2.24, 2.45) is 5.92 Å². The predicted octanol–water partition coefficient (Wildman–Crippen LogP) is 4.20. The van der Waals surface area contributed by atoms with Crippen molar-refractivity contribution in [2.75, 3.05) is 26.7 Å². The van der Waals surface area contributed by atoms with Crippen molar-refractivity contribution in [3.8, 4) is 0 Å². The Labute approximate surface area is 163 Å². The van der Waals surface area contributed by atoms with E-state index in [-0.39, 0.29) is 0 Å². The normalized spacial score (nSPS) is 16.5. The second-order valence-electron chi connectivity index (χ2n) is 7.58. The maximum Gasteiger partial charge on any atom is 0.128 e. The molecule has 144 valence electrons. The minimum absolute atomic E-state index is 0.705. The minimum Gasteiger partial charge on any atom is -0.370 e. The first-order valence-corrected chi connectivity index (χ1v) is 10.0. The number of aromatic nitrogens is 2. The molecule has 0 aliphatic carbocycles. The molecule has 0 unspecified atom stereocenters. The van der Waals surface area contributed by atoms with Gasteiger partial charge in [-0.05, 0) is 81.1 Å². The Morgan fingerprint density at radius 2 is 2.00 bits per heavy atom. The average molecular weight is 365 g/mol. The molecule has 2 heterocycles. The summed E-state index contributed by atoms with van der Waals surface area (Å²) in [6, 6.07) is 10.5. The van der Waals surface area contributed by atoms with Gasteiger partial charge in [0, 0.05) is 18.4 Å². The number of piperidine rings is 1. The number of likely N-dealkylation sites (tertiary alicyclic amines) is 1. The summed E-state index contributed by atoms with van der Waals surface area (Å²) in [6.45, 7) is 12.0. The molecule has 4 heteroatoms. The van der Waals surface area contributed by atoms with Gasteiger partial charge in [-0.25, -0.2) is 4.68 Å². The monoisotopic (exact) mass is 364 g/mol. The molecule has 0 bridgehead atoms. The zero-order valence-electron chi connectivity index (χ0n) is 16.9. The third kappa shape index (κ3) is 4.89. The second-order valence-corrected chi connectivity index (χ2v) is 7.58. The van der Waals surface area contributed by atoms with E-state index in [2.05, 4.69) is 73.1 Å². The van der Waals surface area contributed by atoms with Crippen LogP contribution in [0.2, 0.25) is 0 Å². The number of nitrogens with zero attached hydrogens (tertiary/aromatic N) is 3. The quantitative estimate of drug-likeness (QED) is 0.748. The molecule has 1 fully saturated rings. The van der Waals surface area contributed by atoms with E-state index in [4.69, 9.17) is 0 Å². The van der Waals surface area contributed by atoms with Crippen LogP contribution in [0, 0.1) is 12.8 Å². The first kappa shape index (κ1) is 19.4. The van der Waals surface area contributed by atoms with Crippen LogP contribution in [0.1, 0.15) is 36.6 Å². The van der Waals surface area contributed by atoms with Crippen LogP contribution in [-0.2, 0) is 6.42 Å². The number of allylic oxidation sites excluding steroid dienone is 2. The van der Waals surface area contributed by atoms with Crippen molar-refractivity contribution in [3.05, 3.63) is 66.0 Å². The number of hydrogen-bond donors (Lipinski definition) is 1. The van der Waals surface area contributed by atoms with Gasteiger partial charge in [-0.2, -0.15) is 5.10 Å². The molecule has 1 N–H and O–H groups in total. The fourth-order valence-corrected chi connectivity index (χ4v) is 3.71. The first-order valence-electron chi connectivity index (χ1n) is 10.0. The standard InChI is InChI=1S/C23H32N4/c1-5-21-8-6-7-9-22(21)18(2)16-23(27-19(3)10-13-25-27)24-17-20-11-14-26(4)15-12-20/h6-10,13,16,20,24H,2,5,11-12,14-15,17H2,1,3-4H3/b23-16-. The van der Waals surface area contributed by atoms with Crippen molar-refractivity contribution in [1.82, 2.24) is 20.0 Å². The van der Waals surface area contributed by atoms with E-state index in [1.807, 2.05) is 16.9 Å². The minimum atomic E-state index is 0.705. The molecule has 3 rings (SSSR count). The van der Waals surface area contributed by atoms with Gasteiger partial charge in [0.25, 0.3) is 0 Å². The molecule has 0 radical (unpaired) electrons. The first-order chi connectivity index (χ1) is 13.1. The maximum atomic E-state index is 4.52. The van der Waals surface area contributed by atoms with Gasteiger partial charge < -0.3 is 10.2 Å². The summed E-state index contributed by atoms with van der Waals surface area (Å²) in [6.07, 6.45) is 7.48. The number of hydrogen-bond acceptors (Lipinski definition) is 3. The summed E-state index contributed by atoms with van der Waals surface area (Å²) in [4.78, 5) is 2.41. The van der Waals surface area contributed by atoms with E-state index in [1.165, 1.54) is 37.1 Å². The highest BCUT2D eigenvalue weighted by molar-refractivity contribution is 5.79. The summed E-state index contributed by atoms with van der Waals surface area (Å²) in [5.41, 5.74) is 4.68. The van der Waals surface area contributed by atoms with E-state index in [0.29, 0.717) is 5.92 Å². The molecule has 27 heavy (non-hydrogen) atoms. The molecule has 1 aromatic carbocycles. The van der Waals surface area contributed by atoms with Crippen LogP contribution in [-0.4, -0.2) is 41.4 Å². The van der Waals surface area contributed by atoms with Gasteiger partial charge in [0.2, 0.25) is 0 Å². The van der Waals surface area contributed by atoms with Gasteiger partial charge in [0.15, 0.2) is 0 Å². The van der Waals surface area contributed by atoms with E-state index in [9.17, 15) is 0 Å².